The van der Waals surface area contributed by atoms with E-state index < -0.39 is 31.5 Å². The molecule has 2 heterocycles. The predicted molar refractivity (Wildman–Crippen MR) is 74.0 cm³/mol. The third kappa shape index (κ3) is 2.96. The van der Waals surface area contributed by atoms with Gasteiger partial charge in [-0.15, -0.1) is 6.42 Å². The van der Waals surface area contributed by atoms with E-state index in [4.69, 9.17) is 22.0 Å². The van der Waals surface area contributed by atoms with Gasteiger partial charge in [-0.2, -0.15) is 5.10 Å². The van der Waals surface area contributed by atoms with Gasteiger partial charge >= 0.3 is 0 Å². The lowest BCUT2D eigenvalue weighted by Crippen LogP contribution is -2.36. The summed E-state index contributed by atoms with van der Waals surface area (Å²) in [5.41, 5.74) is 6.80. The standard InChI is InChI=1S/C13H16N4O4/c1-2-11(21-12(6-19)10(20)5-18)8-3-4-9-13(14)15-7-16-17(8)9/h1,3-4,7,10-12,18-20H,5-6H2,(H2,14,15,16)/t10-,11-,12+/m0/s1. The minimum atomic E-state index is -1.24. The van der Waals surface area contributed by atoms with E-state index in [1.165, 1.54) is 10.8 Å². The number of anilines is 1. The number of aliphatic hydroxyl groups is 3. The van der Waals surface area contributed by atoms with Crippen LogP contribution >= 0.6 is 0 Å². The quantitative estimate of drug-likeness (QED) is 0.488. The molecule has 0 bridgehead atoms. The van der Waals surface area contributed by atoms with Crippen molar-refractivity contribution < 1.29 is 20.1 Å². The SMILES string of the molecule is C#C[C@H](O[C@H](CO)[C@@H](O)CO)c1ccc2c(N)ncnn12. The van der Waals surface area contributed by atoms with Crippen LogP contribution in [-0.4, -0.2) is 55.3 Å². The van der Waals surface area contributed by atoms with Crippen LogP contribution in [0.15, 0.2) is 18.5 Å². The molecule has 0 aliphatic heterocycles. The number of fused-ring (bicyclic) bond motifs is 1. The van der Waals surface area contributed by atoms with Gasteiger partial charge in [0.2, 0.25) is 0 Å². The molecule has 0 aromatic carbocycles. The summed E-state index contributed by atoms with van der Waals surface area (Å²) >= 11 is 0. The zero-order valence-electron chi connectivity index (χ0n) is 11.1. The van der Waals surface area contributed by atoms with Crippen molar-refractivity contribution >= 4 is 11.3 Å². The normalized spacial score (nSPS) is 15.5. The van der Waals surface area contributed by atoms with E-state index in [-0.39, 0.29) is 0 Å². The maximum Gasteiger partial charge on any atom is 0.160 e. The highest BCUT2D eigenvalue weighted by molar-refractivity contribution is 5.65. The summed E-state index contributed by atoms with van der Waals surface area (Å²) in [4.78, 5) is 3.86. The first kappa shape index (κ1) is 15.2. The van der Waals surface area contributed by atoms with Crippen molar-refractivity contribution in [1.82, 2.24) is 14.6 Å². The van der Waals surface area contributed by atoms with E-state index in [0.29, 0.717) is 17.0 Å². The van der Waals surface area contributed by atoms with Crippen molar-refractivity contribution in [3.05, 3.63) is 24.2 Å². The molecule has 3 atom stereocenters. The van der Waals surface area contributed by atoms with Gasteiger partial charge in [-0.25, -0.2) is 9.50 Å². The van der Waals surface area contributed by atoms with Crippen molar-refractivity contribution in [2.75, 3.05) is 18.9 Å². The summed E-state index contributed by atoms with van der Waals surface area (Å²) in [6.45, 7) is -1.03. The average molecular weight is 292 g/mol. The number of nitrogens with zero attached hydrogens (tertiary/aromatic N) is 3. The largest absolute Gasteiger partial charge is 0.394 e. The molecular formula is C13H16N4O4. The monoisotopic (exact) mass is 292 g/mol. The third-order valence-electron chi connectivity index (χ3n) is 3.04. The van der Waals surface area contributed by atoms with Gasteiger partial charge in [0.05, 0.1) is 18.9 Å². The molecule has 2 aromatic rings. The van der Waals surface area contributed by atoms with Gasteiger partial charge in [-0.1, -0.05) is 5.92 Å². The van der Waals surface area contributed by atoms with E-state index in [1.807, 2.05) is 0 Å². The maximum atomic E-state index is 9.56. The minimum Gasteiger partial charge on any atom is -0.394 e. The van der Waals surface area contributed by atoms with E-state index in [9.17, 15) is 10.2 Å². The maximum absolute atomic E-state index is 9.56. The topological polar surface area (TPSA) is 126 Å². The highest BCUT2D eigenvalue weighted by Gasteiger charge is 2.24. The van der Waals surface area contributed by atoms with Crippen molar-refractivity contribution in [3.63, 3.8) is 0 Å². The van der Waals surface area contributed by atoms with Crippen molar-refractivity contribution in [2.24, 2.45) is 0 Å². The Morgan fingerprint density at radius 1 is 1.38 bits per heavy atom. The number of ether oxygens (including phenoxy) is 1. The Kier molecular flexibility index (Phi) is 4.72. The fourth-order valence-corrected chi connectivity index (χ4v) is 1.91. The molecule has 2 aromatic heterocycles. The molecule has 0 aliphatic carbocycles. The molecule has 0 unspecified atom stereocenters. The van der Waals surface area contributed by atoms with Crippen molar-refractivity contribution in [1.29, 1.82) is 0 Å². The molecule has 0 fully saturated rings. The van der Waals surface area contributed by atoms with Gasteiger partial charge in [0.25, 0.3) is 0 Å². The number of hydrogen-bond acceptors (Lipinski definition) is 7. The second-order valence-corrected chi connectivity index (χ2v) is 4.35. The van der Waals surface area contributed by atoms with Gasteiger partial charge in [-0.3, -0.25) is 0 Å². The van der Waals surface area contributed by atoms with Gasteiger partial charge < -0.3 is 25.8 Å². The number of rotatable bonds is 6. The first-order chi connectivity index (χ1) is 10.1. The van der Waals surface area contributed by atoms with Crippen molar-refractivity contribution in [3.8, 4) is 12.3 Å². The zero-order valence-corrected chi connectivity index (χ0v) is 11.1. The fourth-order valence-electron chi connectivity index (χ4n) is 1.91. The summed E-state index contributed by atoms with van der Waals surface area (Å²) in [7, 11) is 0. The first-order valence-electron chi connectivity index (χ1n) is 6.21. The van der Waals surface area contributed by atoms with E-state index in [0.717, 1.165) is 0 Å². The summed E-state index contributed by atoms with van der Waals surface area (Å²) in [6.07, 6.45) is 3.61. The summed E-state index contributed by atoms with van der Waals surface area (Å²) in [6, 6.07) is 3.36. The molecule has 112 valence electrons. The minimum absolute atomic E-state index is 0.293. The smallest absolute Gasteiger partial charge is 0.160 e. The van der Waals surface area contributed by atoms with Crippen LogP contribution in [0, 0.1) is 12.3 Å². The van der Waals surface area contributed by atoms with E-state index in [1.54, 1.807) is 12.1 Å². The van der Waals surface area contributed by atoms with Crippen LogP contribution in [0.25, 0.3) is 5.52 Å². The van der Waals surface area contributed by atoms with Gasteiger partial charge in [0, 0.05) is 0 Å². The van der Waals surface area contributed by atoms with E-state index >= 15 is 0 Å². The summed E-state index contributed by atoms with van der Waals surface area (Å²) < 4.78 is 6.95. The van der Waals surface area contributed by atoms with Gasteiger partial charge in [0.15, 0.2) is 11.9 Å². The Morgan fingerprint density at radius 3 is 2.76 bits per heavy atom. The summed E-state index contributed by atoms with van der Waals surface area (Å²) in [5, 5.41) is 31.7. The molecule has 0 saturated heterocycles. The average Bonchev–Trinajstić information content (AvgIpc) is 2.93. The van der Waals surface area contributed by atoms with Crippen LogP contribution in [0.4, 0.5) is 5.82 Å². The second-order valence-electron chi connectivity index (χ2n) is 4.35. The lowest BCUT2D eigenvalue weighted by molar-refractivity contribution is -0.0976. The highest BCUT2D eigenvalue weighted by atomic mass is 16.5. The van der Waals surface area contributed by atoms with Gasteiger partial charge in [0.1, 0.15) is 24.1 Å². The molecule has 8 heteroatoms. The van der Waals surface area contributed by atoms with E-state index in [2.05, 4.69) is 16.0 Å². The van der Waals surface area contributed by atoms with Crippen LogP contribution in [0.3, 0.4) is 0 Å². The number of hydrogen-bond donors (Lipinski definition) is 4. The van der Waals surface area contributed by atoms with Crippen molar-refractivity contribution in [2.45, 2.75) is 18.3 Å². The number of nitrogen functional groups attached to an aromatic ring is 1. The number of terminal acetylenes is 1. The first-order valence-corrected chi connectivity index (χ1v) is 6.21. The molecular weight excluding hydrogens is 276 g/mol. The zero-order chi connectivity index (χ0) is 15.4. The van der Waals surface area contributed by atoms with Gasteiger partial charge in [-0.05, 0) is 12.1 Å². The lowest BCUT2D eigenvalue weighted by atomic mass is 10.2. The molecule has 5 N–H and O–H groups in total. The van der Waals surface area contributed by atoms with Crippen LogP contribution in [0.5, 0.6) is 0 Å². The second kappa shape index (κ2) is 6.51. The molecule has 2 rings (SSSR count). The fraction of sp³-hybridized carbons (Fsp3) is 0.385. The summed E-state index contributed by atoms with van der Waals surface area (Å²) in [5.74, 6) is 2.70. The molecule has 0 aliphatic rings. The third-order valence-corrected chi connectivity index (χ3v) is 3.04. The van der Waals surface area contributed by atoms with Crippen LogP contribution in [0.2, 0.25) is 0 Å². The number of aliphatic hydroxyl groups excluding tert-OH is 3. The predicted octanol–water partition coefficient (Wildman–Crippen LogP) is -1.28. The Bertz CT molecular complexity index is 651. The van der Waals surface area contributed by atoms with Crippen LogP contribution in [0.1, 0.15) is 11.8 Å². The number of aromatic nitrogens is 3. The van der Waals surface area contributed by atoms with Crippen LogP contribution in [-0.2, 0) is 4.74 Å². The molecule has 21 heavy (non-hydrogen) atoms. The molecule has 0 spiro atoms. The Hall–Kier alpha value is -2.18. The Morgan fingerprint density at radius 2 is 2.14 bits per heavy atom. The Balaban J connectivity index is 2.32. The highest BCUT2D eigenvalue weighted by Crippen LogP contribution is 2.23. The number of nitrogens with two attached hydrogens (primary N) is 1. The lowest BCUT2D eigenvalue weighted by Gasteiger charge is -2.23. The molecule has 8 nitrogen and oxygen atoms in total. The molecule has 0 radical (unpaired) electrons. The van der Waals surface area contributed by atoms with Crippen LogP contribution < -0.4 is 5.73 Å². The molecule has 0 amide bonds. The molecule has 0 saturated carbocycles. The Labute approximate surface area is 120 Å².